The van der Waals surface area contributed by atoms with E-state index in [0.717, 1.165) is 12.8 Å². The summed E-state index contributed by atoms with van der Waals surface area (Å²) in [5.74, 6) is 0. The first-order valence-corrected chi connectivity index (χ1v) is 7.82. The quantitative estimate of drug-likeness (QED) is 0.621. The van der Waals surface area contributed by atoms with Crippen LogP contribution in [-0.4, -0.2) is 29.0 Å². The summed E-state index contributed by atoms with van der Waals surface area (Å²) in [6.45, 7) is 5.15. The fourth-order valence-corrected chi connectivity index (χ4v) is 2.70. The predicted octanol–water partition coefficient (Wildman–Crippen LogP) is 2.84. The highest BCUT2D eigenvalue weighted by atomic mass is 35.5. The number of hydrogen-bond donors (Lipinski definition) is 1. The second-order valence-corrected chi connectivity index (χ2v) is 5.58. The maximum Gasteiger partial charge on any atom is 0.287 e. The SMILES string of the molecule is C=CCn1ncc(NCCOC2CCCCC2)c(Cl)c1=O. The fourth-order valence-electron chi connectivity index (χ4n) is 2.48. The van der Waals surface area contributed by atoms with Crippen LogP contribution in [0.1, 0.15) is 32.1 Å². The first kappa shape index (κ1) is 16.0. The third kappa shape index (κ3) is 4.58. The normalized spacial score (nSPS) is 15.9. The van der Waals surface area contributed by atoms with Gasteiger partial charge in [-0.25, -0.2) is 4.68 Å². The van der Waals surface area contributed by atoms with Crippen LogP contribution >= 0.6 is 11.6 Å². The summed E-state index contributed by atoms with van der Waals surface area (Å²) in [6, 6.07) is 0. The Morgan fingerprint density at radius 3 is 2.95 bits per heavy atom. The molecule has 0 radical (unpaired) electrons. The van der Waals surface area contributed by atoms with Crippen molar-refractivity contribution in [2.75, 3.05) is 18.5 Å². The zero-order valence-corrected chi connectivity index (χ0v) is 12.9. The van der Waals surface area contributed by atoms with E-state index in [-0.39, 0.29) is 10.6 Å². The predicted molar refractivity (Wildman–Crippen MR) is 85.0 cm³/mol. The van der Waals surface area contributed by atoms with Crippen molar-refractivity contribution in [1.29, 1.82) is 0 Å². The molecule has 0 aromatic carbocycles. The van der Waals surface area contributed by atoms with E-state index in [0.29, 0.717) is 31.5 Å². The molecule has 1 aromatic heterocycles. The van der Waals surface area contributed by atoms with Crippen LogP contribution in [0.5, 0.6) is 0 Å². The van der Waals surface area contributed by atoms with Gasteiger partial charge in [-0.1, -0.05) is 36.9 Å². The van der Waals surface area contributed by atoms with Gasteiger partial charge < -0.3 is 10.1 Å². The molecule has 1 aliphatic carbocycles. The van der Waals surface area contributed by atoms with Crippen molar-refractivity contribution in [2.45, 2.75) is 44.8 Å². The number of rotatable bonds is 7. The van der Waals surface area contributed by atoms with Crippen molar-refractivity contribution in [3.05, 3.63) is 34.2 Å². The molecule has 0 aliphatic heterocycles. The number of ether oxygens (including phenoxy) is 1. The van der Waals surface area contributed by atoms with Crippen molar-refractivity contribution in [3.8, 4) is 0 Å². The molecular formula is C15H22ClN3O2. The monoisotopic (exact) mass is 311 g/mol. The van der Waals surface area contributed by atoms with Crippen molar-refractivity contribution < 1.29 is 4.74 Å². The van der Waals surface area contributed by atoms with Crippen LogP contribution < -0.4 is 10.9 Å². The molecular weight excluding hydrogens is 290 g/mol. The van der Waals surface area contributed by atoms with Gasteiger partial charge in [0.15, 0.2) is 0 Å². The number of hydrogen-bond acceptors (Lipinski definition) is 4. The van der Waals surface area contributed by atoms with Crippen LogP contribution in [0.3, 0.4) is 0 Å². The summed E-state index contributed by atoms with van der Waals surface area (Å²) >= 11 is 6.05. The smallest absolute Gasteiger partial charge is 0.287 e. The Kier molecular flexibility index (Phi) is 6.26. The average Bonchev–Trinajstić information content (AvgIpc) is 2.51. The summed E-state index contributed by atoms with van der Waals surface area (Å²) in [7, 11) is 0. The summed E-state index contributed by atoms with van der Waals surface area (Å²) < 4.78 is 7.09. The zero-order valence-electron chi connectivity index (χ0n) is 12.2. The Labute approximate surface area is 129 Å². The molecule has 0 amide bonds. The number of allylic oxidation sites excluding steroid dienone is 1. The molecule has 0 bridgehead atoms. The van der Waals surface area contributed by atoms with Gasteiger partial charge in [0.1, 0.15) is 5.02 Å². The molecule has 0 unspecified atom stereocenters. The minimum Gasteiger partial charge on any atom is -0.380 e. The second kappa shape index (κ2) is 8.20. The van der Waals surface area contributed by atoms with E-state index < -0.39 is 0 Å². The molecule has 1 aliphatic rings. The lowest BCUT2D eigenvalue weighted by atomic mass is 9.98. The molecule has 1 aromatic rings. The van der Waals surface area contributed by atoms with Gasteiger partial charge in [0.25, 0.3) is 5.56 Å². The van der Waals surface area contributed by atoms with Gasteiger partial charge in [0, 0.05) is 6.54 Å². The minimum absolute atomic E-state index is 0.157. The lowest BCUT2D eigenvalue weighted by molar-refractivity contribution is 0.0347. The summed E-state index contributed by atoms with van der Waals surface area (Å²) in [5.41, 5.74) is 0.240. The van der Waals surface area contributed by atoms with E-state index in [1.807, 2.05) is 0 Å². The molecule has 1 saturated carbocycles. The first-order valence-electron chi connectivity index (χ1n) is 7.44. The van der Waals surface area contributed by atoms with E-state index >= 15 is 0 Å². The third-order valence-electron chi connectivity index (χ3n) is 3.61. The van der Waals surface area contributed by atoms with Gasteiger partial charge in [-0.2, -0.15) is 5.10 Å². The van der Waals surface area contributed by atoms with E-state index in [2.05, 4.69) is 17.0 Å². The molecule has 1 N–H and O–H groups in total. The van der Waals surface area contributed by atoms with Crippen molar-refractivity contribution in [1.82, 2.24) is 9.78 Å². The van der Waals surface area contributed by atoms with Gasteiger partial charge >= 0.3 is 0 Å². The Morgan fingerprint density at radius 2 is 2.24 bits per heavy atom. The molecule has 21 heavy (non-hydrogen) atoms. The topological polar surface area (TPSA) is 56.1 Å². The third-order valence-corrected chi connectivity index (χ3v) is 3.98. The number of nitrogens with zero attached hydrogens (tertiary/aromatic N) is 2. The van der Waals surface area contributed by atoms with Crippen molar-refractivity contribution >= 4 is 17.3 Å². The van der Waals surface area contributed by atoms with Crippen LogP contribution in [0, 0.1) is 0 Å². The summed E-state index contributed by atoms with van der Waals surface area (Å²) in [6.07, 6.45) is 9.70. The summed E-state index contributed by atoms with van der Waals surface area (Å²) in [5, 5.41) is 7.30. The zero-order chi connectivity index (χ0) is 15.1. The Morgan fingerprint density at radius 1 is 1.48 bits per heavy atom. The van der Waals surface area contributed by atoms with Crippen LogP contribution in [-0.2, 0) is 11.3 Å². The Hall–Kier alpha value is -1.33. The van der Waals surface area contributed by atoms with Gasteiger partial charge in [0.05, 0.1) is 31.1 Å². The largest absolute Gasteiger partial charge is 0.380 e. The Bertz CT molecular complexity index is 524. The van der Waals surface area contributed by atoms with Gasteiger partial charge in [-0.3, -0.25) is 4.79 Å². The number of aromatic nitrogens is 2. The van der Waals surface area contributed by atoms with Crippen LogP contribution in [0.15, 0.2) is 23.6 Å². The van der Waals surface area contributed by atoms with Gasteiger partial charge in [-0.15, -0.1) is 6.58 Å². The molecule has 1 heterocycles. The number of nitrogens with one attached hydrogen (secondary N) is 1. The van der Waals surface area contributed by atoms with E-state index in [4.69, 9.17) is 16.3 Å². The lowest BCUT2D eigenvalue weighted by Gasteiger charge is -2.22. The summed E-state index contributed by atoms with van der Waals surface area (Å²) in [4.78, 5) is 11.9. The second-order valence-electron chi connectivity index (χ2n) is 5.21. The fraction of sp³-hybridized carbons (Fsp3) is 0.600. The van der Waals surface area contributed by atoms with E-state index in [1.165, 1.54) is 23.9 Å². The van der Waals surface area contributed by atoms with Gasteiger partial charge in [0.2, 0.25) is 0 Å². The minimum atomic E-state index is -0.310. The van der Waals surface area contributed by atoms with Crippen LogP contribution in [0.4, 0.5) is 5.69 Å². The van der Waals surface area contributed by atoms with E-state index in [1.54, 1.807) is 12.3 Å². The molecule has 1 fully saturated rings. The van der Waals surface area contributed by atoms with Gasteiger partial charge in [-0.05, 0) is 12.8 Å². The lowest BCUT2D eigenvalue weighted by Crippen LogP contribution is -2.25. The maximum absolute atomic E-state index is 11.9. The highest BCUT2D eigenvalue weighted by Crippen LogP contribution is 2.20. The molecule has 6 heteroatoms. The Balaban J connectivity index is 1.81. The van der Waals surface area contributed by atoms with Crippen LogP contribution in [0.25, 0.3) is 0 Å². The molecule has 5 nitrogen and oxygen atoms in total. The molecule has 0 saturated heterocycles. The average molecular weight is 312 g/mol. The standard InChI is InChI=1S/C15H22ClN3O2/c1-2-9-19-15(20)14(16)13(11-18-19)17-8-10-21-12-6-4-3-5-7-12/h2,11-12,17H,1,3-10H2. The highest BCUT2D eigenvalue weighted by molar-refractivity contribution is 6.32. The molecule has 116 valence electrons. The molecule has 0 atom stereocenters. The molecule has 2 rings (SSSR count). The number of anilines is 1. The van der Waals surface area contributed by atoms with Crippen molar-refractivity contribution in [2.24, 2.45) is 0 Å². The van der Waals surface area contributed by atoms with E-state index in [9.17, 15) is 4.79 Å². The van der Waals surface area contributed by atoms with Crippen LogP contribution in [0.2, 0.25) is 5.02 Å². The number of halogens is 1. The molecule has 0 spiro atoms. The maximum atomic E-state index is 11.9. The van der Waals surface area contributed by atoms with Crippen molar-refractivity contribution in [3.63, 3.8) is 0 Å². The highest BCUT2D eigenvalue weighted by Gasteiger charge is 2.13. The first-order chi connectivity index (χ1) is 10.2.